The highest BCUT2D eigenvalue weighted by molar-refractivity contribution is 6.37. The summed E-state index contributed by atoms with van der Waals surface area (Å²) in [5.41, 5.74) is 1.39. The Kier molecular flexibility index (Phi) is 1.67. The molecule has 0 radical (unpaired) electrons. The number of benzene rings is 2. The quantitative estimate of drug-likeness (QED) is 0.620. The fraction of sp³-hybridized carbons (Fsp3) is 0. The predicted molar refractivity (Wildman–Crippen MR) is 60.4 cm³/mol. The lowest BCUT2D eigenvalue weighted by atomic mass is 10.1. The topological polar surface area (TPSA) is 33.4 Å². The molecule has 3 aromatic rings. The first-order valence-electron chi connectivity index (χ1n) is 4.55. The lowest BCUT2D eigenvalue weighted by Gasteiger charge is -1.92. The molecule has 0 saturated carbocycles. The van der Waals surface area contributed by atoms with Gasteiger partial charge in [0, 0.05) is 16.8 Å². The second-order valence-electron chi connectivity index (χ2n) is 3.40. The predicted octanol–water partition coefficient (Wildman–Crippen LogP) is 3.95. The number of furan rings is 1. The van der Waals surface area contributed by atoms with Gasteiger partial charge in [-0.05, 0) is 24.3 Å². The smallest absolute Gasteiger partial charge is 0.139 e. The molecule has 1 heterocycles. The van der Waals surface area contributed by atoms with Crippen LogP contribution in [0.5, 0.6) is 5.75 Å². The van der Waals surface area contributed by atoms with E-state index in [4.69, 9.17) is 16.0 Å². The molecule has 1 aromatic heterocycles. The van der Waals surface area contributed by atoms with Crippen molar-refractivity contribution in [3.8, 4) is 5.75 Å². The molecule has 3 heteroatoms. The number of rotatable bonds is 0. The van der Waals surface area contributed by atoms with E-state index in [1.54, 1.807) is 12.1 Å². The summed E-state index contributed by atoms with van der Waals surface area (Å²) in [6.07, 6.45) is 0. The van der Waals surface area contributed by atoms with Gasteiger partial charge in [-0.25, -0.2) is 0 Å². The van der Waals surface area contributed by atoms with Gasteiger partial charge in [0.05, 0.1) is 5.02 Å². The lowest BCUT2D eigenvalue weighted by molar-refractivity contribution is 0.475. The van der Waals surface area contributed by atoms with Crippen molar-refractivity contribution < 1.29 is 9.52 Å². The van der Waals surface area contributed by atoms with Crippen LogP contribution in [0, 0.1) is 0 Å². The lowest BCUT2D eigenvalue weighted by Crippen LogP contribution is -1.68. The average Bonchev–Trinajstić information content (AvgIpc) is 2.56. The summed E-state index contributed by atoms with van der Waals surface area (Å²) >= 11 is 6.09. The highest BCUT2D eigenvalue weighted by Gasteiger charge is 2.09. The summed E-state index contributed by atoms with van der Waals surface area (Å²) < 4.78 is 5.57. The van der Waals surface area contributed by atoms with Crippen LogP contribution in [0.15, 0.2) is 40.8 Å². The second-order valence-corrected chi connectivity index (χ2v) is 3.80. The van der Waals surface area contributed by atoms with Gasteiger partial charge in [-0.2, -0.15) is 0 Å². The zero-order chi connectivity index (χ0) is 10.4. The Balaban J connectivity index is 2.59. The van der Waals surface area contributed by atoms with Crippen LogP contribution in [0.1, 0.15) is 0 Å². The molecule has 0 aliphatic carbocycles. The van der Waals surface area contributed by atoms with Gasteiger partial charge in [0.2, 0.25) is 0 Å². The van der Waals surface area contributed by atoms with Crippen LogP contribution in [-0.2, 0) is 0 Å². The fourth-order valence-electron chi connectivity index (χ4n) is 1.77. The summed E-state index contributed by atoms with van der Waals surface area (Å²) in [4.78, 5) is 0. The SMILES string of the molecule is Oc1ccc2c(c1)oc1cccc(Cl)c12. The highest BCUT2D eigenvalue weighted by atomic mass is 35.5. The number of phenols is 1. The molecule has 74 valence electrons. The minimum Gasteiger partial charge on any atom is -0.508 e. The third-order valence-electron chi connectivity index (χ3n) is 2.43. The third kappa shape index (κ3) is 1.18. The monoisotopic (exact) mass is 218 g/mol. The Labute approximate surface area is 90.7 Å². The first-order chi connectivity index (χ1) is 7.25. The second kappa shape index (κ2) is 2.91. The van der Waals surface area contributed by atoms with E-state index in [1.807, 2.05) is 24.3 Å². The fourth-order valence-corrected chi connectivity index (χ4v) is 2.04. The minimum atomic E-state index is 0.192. The van der Waals surface area contributed by atoms with E-state index in [0.29, 0.717) is 10.6 Å². The molecule has 0 unspecified atom stereocenters. The Morgan fingerprint density at radius 3 is 2.80 bits per heavy atom. The van der Waals surface area contributed by atoms with Gasteiger partial charge in [-0.15, -0.1) is 0 Å². The number of fused-ring (bicyclic) bond motifs is 3. The molecule has 3 rings (SSSR count). The molecule has 0 bridgehead atoms. The summed E-state index contributed by atoms with van der Waals surface area (Å²) in [6.45, 7) is 0. The molecule has 0 fully saturated rings. The van der Waals surface area contributed by atoms with Crippen LogP contribution < -0.4 is 0 Å². The largest absolute Gasteiger partial charge is 0.508 e. The highest BCUT2D eigenvalue weighted by Crippen LogP contribution is 2.34. The van der Waals surface area contributed by atoms with Crippen LogP contribution in [0.2, 0.25) is 5.02 Å². The van der Waals surface area contributed by atoms with Gasteiger partial charge in [0.1, 0.15) is 16.9 Å². The molecule has 0 aliphatic heterocycles. The van der Waals surface area contributed by atoms with Crippen LogP contribution in [0.25, 0.3) is 21.9 Å². The van der Waals surface area contributed by atoms with Crippen molar-refractivity contribution in [1.82, 2.24) is 0 Å². The normalized spacial score (nSPS) is 11.3. The number of hydrogen-bond acceptors (Lipinski definition) is 2. The molecule has 0 amide bonds. The van der Waals surface area contributed by atoms with E-state index in [9.17, 15) is 5.11 Å². The zero-order valence-corrected chi connectivity index (χ0v) is 8.45. The Morgan fingerprint density at radius 2 is 1.93 bits per heavy atom. The average molecular weight is 219 g/mol. The summed E-state index contributed by atoms with van der Waals surface area (Å²) in [5, 5.41) is 11.8. The van der Waals surface area contributed by atoms with Crippen LogP contribution in [0.4, 0.5) is 0 Å². The number of hydrogen-bond donors (Lipinski definition) is 1. The molecule has 1 N–H and O–H groups in total. The van der Waals surface area contributed by atoms with Crippen molar-refractivity contribution >= 4 is 33.5 Å². The van der Waals surface area contributed by atoms with Gasteiger partial charge in [-0.3, -0.25) is 0 Å². The summed E-state index contributed by atoms with van der Waals surface area (Å²) in [5.74, 6) is 0.192. The Bertz CT molecular complexity index is 655. The van der Waals surface area contributed by atoms with Crippen molar-refractivity contribution in [3.63, 3.8) is 0 Å². The van der Waals surface area contributed by atoms with E-state index < -0.39 is 0 Å². The molecular formula is C12H7ClO2. The third-order valence-corrected chi connectivity index (χ3v) is 2.74. The van der Waals surface area contributed by atoms with Crippen molar-refractivity contribution in [2.75, 3.05) is 0 Å². The van der Waals surface area contributed by atoms with Gasteiger partial charge in [0.15, 0.2) is 0 Å². The molecule has 0 aliphatic rings. The minimum absolute atomic E-state index is 0.192. The maximum absolute atomic E-state index is 9.33. The van der Waals surface area contributed by atoms with Crippen molar-refractivity contribution in [3.05, 3.63) is 41.4 Å². The molecule has 2 nitrogen and oxygen atoms in total. The maximum atomic E-state index is 9.33. The number of phenolic OH excluding ortho intramolecular Hbond substituents is 1. The van der Waals surface area contributed by atoms with Gasteiger partial charge in [0.25, 0.3) is 0 Å². The van der Waals surface area contributed by atoms with E-state index >= 15 is 0 Å². The van der Waals surface area contributed by atoms with Crippen molar-refractivity contribution in [1.29, 1.82) is 0 Å². The Morgan fingerprint density at radius 1 is 1.07 bits per heavy atom. The van der Waals surface area contributed by atoms with Crippen molar-refractivity contribution in [2.45, 2.75) is 0 Å². The van der Waals surface area contributed by atoms with Gasteiger partial charge in [-0.1, -0.05) is 17.7 Å². The van der Waals surface area contributed by atoms with Gasteiger partial charge < -0.3 is 9.52 Å². The molecule has 0 spiro atoms. The van der Waals surface area contributed by atoms with E-state index in [0.717, 1.165) is 16.4 Å². The first kappa shape index (κ1) is 8.62. The van der Waals surface area contributed by atoms with Crippen LogP contribution in [-0.4, -0.2) is 5.11 Å². The van der Waals surface area contributed by atoms with E-state index in [-0.39, 0.29) is 5.75 Å². The summed E-state index contributed by atoms with van der Waals surface area (Å²) in [7, 11) is 0. The zero-order valence-electron chi connectivity index (χ0n) is 7.70. The maximum Gasteiger partial charge on any atom is 0.139 e. The first-order valence-corrected chi connectivity index (χ1v) is 4.93. The standard InChI is InChI=1S/C12H7ClO2/c13-9-2-1-3-10-12(9)8-5-4-7(14)6-11(8)15-10/h1-6,14H. The summed E-state index contributed by atoms with van der Waals surface area (Å²) in [6, 6.07) is 10.5. The van der Waals surface area contributed by atoms with Crippen LogP contribution in [0.3, 0.4) is 0 Å². The molecule has 15 heavy (non-hydrogen) atoms. The molecule has 2 aromatic carbocycles. The molecule has 0 atom stereocenters. The Hall–Kier alpha value is -1.67. The number of aromatic hydroxyl groups is 1. The van der Waals surface area contributed by atoms with Crippen molar-refractivity contribution in [2.24, 2.45) is 0 Å². The van der Waals surface area contributed by atoms with E-state index in [1.165, 1.54) is 0 Å². The van der Waals surface area contributed by atoms with E-state index in [2.05, 4.69) is 0 Å². The number of halogens is 1. The van der Waals surface area contributed by atoms with Crippen LogP contribution >= 0.6 is 11.6 Å². The van der Waals surface area contributed by atoms with Gasteiger partial charge >= 0.3 is 0 Å². The molecular weight excluding hydrogens is 212 g/mol. The molecule has 0 saturated heterocycles.